The van der Waals surface area contributed by atoms with Crippen molar-refractivity contribution in [2.45, 2.75) is 4.90 Å². The van der Waals surface area contributed by atoms with Crippen molar-refractivity contribution in [3.8, 4) is 5.75 Å². The van der Waals surface area contributed by atoms with Crippen LogP contribution in [0.25, 0.3) is 0 Å². The van der Waals surface area contributed by atoms with E-state index in [-0.39, 0.29) is 5.91 Å². The van der Waals surface area contributed by atoms with E-state index in [0.29, 0.717) is 11.3 Å². The molecule has 0 heterocycles. The Hall–Kier alpha value is -1.94. The lowest BCUT2D eigenvalue weighted by Gasteiger charge is -2.07. The fourth-order valence-electron chi connectivity index (χ4n) is 1.64. The fourth-order valence-corrected chi connectivity index (χ4v) is 2.05. The van der Waals surface area contributed by atoms with Crippen molar-refractivity contribution in [2.24, 2.45) is 0 Å². The van der Waals surface area contributed by atoms with Crippen LogP contribution in [0.5, 0.6) is 5.75 Å². The van der Waals surface area contributed by atoms with Crippen LogP contribution in [0, 0.1) is 0 Å². The Balaban J connectivity index is 2.11. The minimum atomic E-state index is -0.143. The highest BCUT2D eigenvalue weighted by atomic mass is 32.2. The van der Waals surface area contributed by atoms with Gasteiger partial charge in [-0.1, -0.05) is 6.07 Å². The summed E-state index contributed by atoms with van der Waals surface area (Å²) in [6.45, 7) is 0. The Morgan fingerprint density at radius 2 is 1.89 bits per heavy atom. The van der Waals surface area contributed by atoms with Crippen molar-refractivity contribution < 1.29 is 9.53 Å². The molecule has 0 bridgehead atoms. The molecule has 0 radical (unpaired) electrons. The number of benzene rings is 2. The van der Waals surface area contributed by atoms with Crippen LogP contribution in [-0.2, 0) is 0 Å². The molecule has 4 heteroatoms. The average molecular weight is 273 g/mol. The number of hydrogen-bond acceptors (Lipinski definition) is 3. The maximum atomic E-state index is 12.1. The van der Waals surface area contributed by atoms with Gasteiger partial charge in [-0.2, -0.15) is 0 Å². The SMILES string of the molecule is COc1cccc(C(=O)Nc2ccc(SC)cc2)c1. The molecule has 0 spiro atoms. The number of amides is 1. The molecular formula is C15H15NO2S. The second-order valence-corrected chi connectivity index (χ2v) is 4.79. The molecule has 19 heavy (non-hydrogen) atoms. The van der Waals surface area contributed by atoms with Gasteiger partial charge in [-0.25, -0.2) is 0 Å². The summed E-state index contributed by atoms with van der Waals surface area (Å²) in [5.74, 6) is 0.529. The van der Waals surface area contributed by atoms with Gasteiger partial charge in [0.05, 0.1) is 7.11 Å². The predicted molar refractivity (Wildman–Crippen MR) is 79.2 cm³/mol. The van der Waals surface area contributed by atoms with Gasteiger partial charge in [-0.3, -0.25) is 4.79 Å². The van der Waals surface area contributed by atoms with Crippen molar-refractivity contribution in [3.63, 3.8) is 0 Å². The van der Waals surface area contributed by atoms with E-state index in [9.17, 15) is 4.79 Å². The molecule has 3 nitrogen and oxygen atoms in total. The zero-order valence-corrected chi connectivity index (χ0v) is 11.7. The summed E-state index contributed by atoms with van der Waals surface area (Å²) in [5, 5.41) is 2.86. The third-order valence-electron chi connectivity index (χ3n) is 2.68. The zero-order chi connectivity index (χ0) is 13.7. The molecule has 0 atom stereocenters. The molecule has 0 aliphatic rings. The molecule has 2 rings (SSSR count). The summed E-state index contributed by atoms with van der Waals surface area (Å²) in [5.41, 5.74) is 1.36. The van der Waals surface area contributed by atoms with Gasteiger partial charge in [0.25, 0.3) is 5.91 Å². The number of hydrogen-bond donors (Lipinski definition) is 1. The first kappa shape index (κ1) is 13.5. The molecule has 0 unspecified atom stereocenters. The van der Waals surface area contributed by atoms with E-state index in [1.165, 1.54) is 4.90 Å². The minimum Gasteiger partial charge on any atom is -0.497 e. The lowest BCUT2D eigenvalue weighted by atomic mass is 10.2. The van der Waals surface area contributed by atoms with Crippen molar-refractivity contribution in [3.05, 3.63) is 54.1 Å². The van der Waals surface area contributed by atoms with Crippen LogP contribution >= 0.6 is 11.8 Å². The van der Waals surface area contributed by atoms with Gasteiger partial charge < -0.3 is 10.1 Å². The summed E-state index contributed by atoms with van der Waals surface area (Å²) >= 11 is 1.67. The van der Waals surface area contributed by atoms with Crippen LogP contribution in [0.1, 0.15) is 10.4 Å². The Morgan fingerprint density at radius 1 is 1.16 bits per heavy atom. The highest BCUT2D eigenvalue weighted by Gasteiger charge is 2.06. The number of methoxy groups -OCH3 is 1. The molecule has 0 aliphatic heterocycles. The smallest absolute Gasteiger partial charge is 0.255 e. The first-order valence-electron chi connectivity index (χ1n) is 5.82. The van der Waals surface area contributed by atoms with E-state index in [1.807, 2.05) is 36.6 Å². The Labute approximate surface area is 117 Å². The first-order valence-corrected chi connectivity index (χ1v) is 7.05. The molecule has 0 fully saturated rings. The lowest BCUT2D eigenvalue weighted by Crippen LogP contribution is -2.11. The van der Waals surface area contributed by atoms with Crippen LogP contribution in [0.2, 0.25) is 0 Å². The standard InChI is InChI=1S/C15H15NO2S/c1-18-13-5-3-4-11(10-13)15(17)16-12-6-8-14(19-2)9-7-12/h3-10H,1-2H3,(H,16,17). The molecule has 2 aromatic carbocycles. The lowest BCUT2D eigenvalue weighted by molar-refractivity contribution is 0.102. The summed E-state index contributed by atoms with van der Waals surface area (Å²) in [4.78, 5) is 13.2. The molecule has 1 N–H and O–H groups in total. The Bertz CT molecular complexity index is 567. The average Bonchev–Trinajstić information content (AvgIpc) is 2.48. The maximum absolute atomic E-state index is 12.1. The third kappa shape index (κ3) is 3.51. The van der Waals surface area contributed by atoms with Gasteiger partial charge in [0.1, 0.15) is 5.75 Å². The van der Waals surface area contributed by atoms with Gasteiger partial charge in [0.2, 0.25) is 0 Å². The van der Waals surface area contributed by atoms with E-state index in [2.05, 4.69) is 5.32 Å². The molecule has 2 aromatic rings. The summed E-state index contributed by atoms with van der Waals surface area (Å²) in [7, 11) is 1.58. The van der Waals surface area contributed by atoms with Crippen LogP contribution in [-0.4, -0.2) is 19.3 Å². The van der Waals surface area contributed by atoms with Crippen LogP contribution < -0.4 is 10.1 Å². The number of anilines is 1. The van der Waals surface area contributed by atoms with Gasteiger partial charge in [-0.05, 0) is 48.7 Å². The van der Waals surface area contributed by atoms with Gasteiger partial charge in [0.15, 0.2) is 0 Å². The van der Waals surface area contributed by atoms with Gasteiger partial charge >= 0.3 is 0 Å². The summed E-state index contributed by atoms with van der Waals surface area (Å²) in [6.07, 6.45) is 2.02. The van der Waals surface area contributed by atoms with E-state index >= 15 is 0 Å². The minimum absolute atomic E-state index is 0.143. The highest BCUT2D eigenvalue weighted by Crippen LogP contribution is 2.19. The molecule has 0 saturated heterocycles. The summed E-state index contributed by atoms with van der Waals surface area (Å²) < 4.78 is 5.10. The quantitative estimate of drug-likeness (QED) is 0.864. The first-order chi connectivity index (χ1) is 9.22. The Morgan fingerprint density at radius 3 is 2.53 bits per heavy atom. The second kappa shape index (κ2) is 6.29. The van der Waals surface area contributed by atoms with Crippen LogP contribution in [0.4, 0.5) is 5.69 Å². The van der Waals surface area contributed by atoms with Crippen LogP contribution in [0.15, 0.2) is 53.4 Å². The van der Waals surface area contributed by atoms with E-state index in [1.54, 1.807) is 37.1 Å². The zero-order valence-electron chi connectivity index (χ0n) is 10.8. The van der Waals surface area contributed by atoms with Gasteiger partial charge in [0, 0.05) is 16.1 Å². The topological polar surface area (TPSA) is 38.3 Å². The molecular weight excluding hydrogens is 258 g/mol. The molecule has 0 aromatic heterocycles. The number of carbonyl (C=O) groups excluding carboxylic acids is 1. The third-order valence-corrected chi connectivity index (χ3v) is 3.42. The number of ether oxygens (including phenoxy) is 1. The fraction of sp³-hybridized carbons (Fsp3) is 0.133. The number of nitrogens with one attached hydrogen (secondary N) is 1. The van der Waals surface area contributed by atoms with E-state index < -0.39 is 0 Å². The summed E-state index contributed by atoms with van der Waals surface area (Å²) in [6, 6.07) is 14.8. The van der Waals surface area contributed by atoms with E-state index in [0.717, 1.165) is 5.69 Å². The normalized spacial score (nSPS) is 10.0. The van der Waals surface area contributed by atoms with E-state index in [4.69, 9.17) is 4.74 Å². The largest absolute Gasteiger partial charge is 0.497 e. The van der Waals surface area contributed by atoms with Crippen molar-refractivity contribution >= 4 is 23.4 Å². The van der Waals surface area contributed by atoms with Crippen molar-refractivity contribution in [1.82, 2.24) is 0 Å². The molecule has 1 amide bonds. The van der Waals surface area contributed by atoms with Crippen molar-refractivity contribution in [1.29, 1.82) is 0 Å². The molecule has 98 valence electrons. The molecule has 0 aliphatic carbocycles. The second-order valence-electron chi connectivity index (χ2n) is 3.91. The number of carbonyl (C=O) groups is 1. The Kier molecular flexibility index (Phi) is 4.47. The van der Waals surface area contributed by atoms with Crippen LogP contribution in [0.3, 0.4) is 0 Å². The van der Waals surface area contributed by atoms with Crippen molar-refractivity contribution in [2.75, 3.05) is 18.7 Å². The number of rotatable bonds is 4. The molecule has 0 saturated carbocycles. The maximum Gasteiger partial charge on any atom is 0.255 e. The predicted octanol–water partition coefficient (Wildman–Crippen LogP) is 3.67. The highest BCUT2D eigenvalue weighted by molar-refractivity contribution is 7.98. The number of thioether (sulfide) groups is 1. The van der Waals surface area contributed by atoms with Gasteiger partial charge in [-0.15, -0.1) is 11.8 Å². The monoisotopic (exact) mass is 273 g/mol.